The highest BCUT2D eigenvalue weighted by atomic mass is 19.1. The SMILES string of the molecule is O=c1c2ccccc2nc(-c2ccccc2)n1N=Cc1ccc(OCc2ccccc2F)cc1. The number of halogens is 1. The number of aromatic nitrogens is 2. The number of benzene rings is 4. The molecule has 166 valence electrons. The molecule has 5 rings (SSSR count). The van der Waals surface area contributed by atoms with Crippen LogP contribution in [0.1, 0.15) is 11.1 Å². The Bertz CT molecular complexity index is 1530. The van der Waals surface area contributed by atoms with Crippen molar-refractivity contribution >= 4 is 17.1 Å². The first-order valence-electron chi connectivity index (χ1n) is 10.8. The van der Waals surface area contributed by atoms with E-state index in [4.69, 9.17) is 9.72 Å². The van der Waals surface area contributed by atoms with Gasteiger partial charge in [0.2, 0.25) is 0 Å². The molecule has 0 aliphatic heterocycles. The second kappa shape index (κ2) is 9.50. The molecule has 0 atom stereocenters. The molecule has 1 heterocycles. The molecule has 0 aliphatic rings. The van der Waals surface area contributed by atoms with E-state index in [0.29, 0.717) is 28.0 Å². The van der Waals surface area contributed by atoms with Crippen molar-refractivity contribution in [3.8, 4) is 17.1 Å². The predicted molar refractivity (Wildman–Crippen MR) is 132 cm³/mol. The van der Waals surface area contributed by atoms with Crippen LogP contribution in [-0.2, 0) is 6.61 Å². The largest absolute Gasteiger partial charge is 0.489 e. The molecule has 0 amide bonds. The van der Waals surface area contributed by atoms with Crippen LogP contribution < -0.4 is 10.3 Å². The van der Waals surface area contributed by atoms with Gasteiger partial charge < -0.3 is 4.74 Å². The van der Waals surface area contributed by atoms with Crippen LogP contribution in [0, 0.1) is 5.82 Å². The summed E-state index contributed by atoms with van der Waals surface area (Å²) in [5, 5.41) is 4.96. The molecule has 0 spiro atoms. The van der Waals surface area contributed by atoms with Crippen molar-refractivity contribution in [3.05, 3.63) is 130 Å². The monoisotopic (exact) mass is 449 g/mol. The van der Waals surface area contributed by atoms with E-state index < -0.39 is 0 Å². The van der Waals surface area contributed by atoms with Crippen molar-refractivity contribution < 1.29 is 9.13 Å². The van der Waals surface area contributed by atoms with Crippen LogP contribution >= 0.6 is 0 Å². The number of ether oxygens (including phenoxy) is 1. The normalized spacial score (nSPS) is 11.2. The standard InChI is InChI=1S/C28H20FN3O2/c29-25-12-6-4-10-22(25)19-34-23-16-14-20(15-17-23)18-30-32-27(21-8-2-1-3-9-21)31-26-13-7-5-11-24(26)28(32)33/h1-18H,19H2. The second-order valence-electron chi connectivity index (χ2n) is 7.63. The van der Waals surface area contributed by atoms with Crippen LogP contribution in [0.2, 0.25) is 0 Å². The Labute approximate surface area is 195 Å². The Hall–Kier alpha value is -4.58. The second-order valence-corrected chi connectivity index (χ2v) is 7.63. The van der Waals surface area contributed by atoms with Crippen LogP contribution in [-0.4, -0.2) is 15.9 Å². The number of fused-ring (bicyclic) bond motifs is 1. The lowest BCUT2D eigenvalue weighted by Gasteiger charge is -2.09. The van der Waals surface area contributed by atoms with Crippen LogP contribution in [0.3, 0.4) is 0 Å². The van der Waals surface area contributed by atoms with E-state index in [2.05, 4.69) is 5.10 Å². The summed E-state index contributed by atoms with van der Waals surface area (Å²) in [7, 11) is 0. The Kier molecular flexibility index (Phi) is 5.95. The maximum absolute atomic E-state index is 13.8. The molecule has 0 unspecified atom stereocenters. The quantitative estimate of drug-likeness (QED) is 0.314. The molecule has 0 radical (unpaired) electrons. The average molecular weight is 449 g/mol. The maximum Gasteiger partial charge on any atom is 0.282 e. The van der Waals surface area contributed by atoms with Gasteiger partial charge in [-0.1, -0.05) is 60.7 Å². The molecule has 0 fully saturated rings. The zero-order valence-electron chi connectivity index (χ0n) is 18.1. The Morgan fingerprint density at radius 2 is 1.56 bits per heavy atom. The predicted octanol–water partition coefficient (Wildman–Crippen LogP) is 5.66. The molecule has 0 bridgehead atoms. The summed E-state index contributed by atoms with van der Waals surface area (Å²) >= 11 is 0. The molecule has 0 N–H and O–H groups in total. The van der Waals surface area contributed by atoms with Crippen LogP contribution in [0.5, 0.6) is 5.75 Å². The zero-order chi connectivity index (χ0) is 23.3. The summed E-state index contributed by atoms with van der Waals surface area (Å²) in [6, 6.07) is 30.4. The first-order valence-corrected chi connectivity index (χ1v) is 10.8. The molecule has 5 nitrogen and oxygen atoms in total. The van der Waals surface area contributed by atoms with E-state index in [9.17, 15) is 9.18 Å². The number of hydrogen-bond acceptors (Lipinski definition) is 4. The lowest BCUT2D eigenvalue weighted by atomic mass is 10.2. The molecule has 5 aromatic rings. The summed E-state index contributed by atoms with van der Waals surface area (Å²) < 4.78 is 20.8. The maximum atomic E-state index is 13.8. The number of rotatable bonds is 6. The smallest absolute Gasteiger partial charge is 0.282 e. The van der Waals surface area contributed by atoms with Gasteiger partial charge in [-0.15, -0.1) is 0 Å². The minimum Gasteiger partial charge on any atom is -0.489 e. The van der Waals surface area contributed by atoms with Crippen molar-refractivity contribution in [1.82, 2.24) is 9.66 Å². The summed E-state index contributed by atoms with van der Waals surface area (Å²) in [6.45, 7) is 0.138. The van der Waals surface area contributed by atoms with Crippen LogP contribution in [0.25, 0.3) is 22.3 Å². The van der Waals surface area contributed by atoms with Crippen LogP contribution in [0.15, 0.2) is 113 Å². The van der Waals surface area contributed by atoms with Gasteiger partial charge in [-0.2, -0.15) is 9.78 Å². The van der Waals surface area contributed by atoms with Gasteiger partial charge in [0.15, 0.2) is 5.82 Å². The first-order chi connectivity index (χ1) is 16.7. The molecule has 34 heavy (non-hydrogen) atoms. The topological polar surface area (TPSA) is 56.5 Å². The number of hydrogen-bond donors (Lipinski definition) is 0. The van der Waals surface area contributed by atoms with E-state index in [1.165, 1.54) is 10.7 Å². The molecule has 4 aromatic carbocycles. The molecular weight excluding hydrogens is 429 g/mol. The van der Waals surface area contributed by atoms with Crippen molar-refractivity contribution in [2.45, 2.75) is 6.61 Å². The van der Waals surface area contributed by atoms with Gasteiger partial charge in [0.05, 0.1) is 17.1 Å². The molecule has 0 saturated carbocycles. The number of para-hydroxylation sites is 1. The number of nitrogens with zero attached hydrogens (tertiary/aromatic N) is 3. The van der Waals surface area contributed by atoms with Gasteiger partial charge in [0.1, 0.15) is 18.2 Å². The van der Waals surface area contributed by atoms with Crippen molar-refractivity contribution in [1.29, 1.82) is 0 Å². The third kappa shape index (κ3) is 4.47. The summed E-state index contributed by atoms with van der Waals surface area (Å²) in [5.74, 6) is 0.773. The summed E-state index contributed by atoms with van der Waals surface area (Å²) in [4.78, 5) is 17.9. The molecule has 0 aliphatic carbocycles. The molecule has 1 aromatic heterocycles. The van der Waals surface area contributed by atoms with E-state index >= 15 is 0 Å². The Balaban J connectivity index is 1.43. The fourth-order valence-electron chi connectivity index (χ4n) is 3.56. The van der Waals surface area contributed by atoms with Gasteiger partial charge in [-0.3, -0.25) is 4.79 Å². The van der Waals surface area contributed by atoms with Crippen LogP contribution in [0.4, 0.5) is 4.39 Å². The lowest BCUT2D eigenvalue weighted by Crippen LogP contribution is -2.20. The van der Waals surface area contributed by atoms with E-state index in [0.717, 1.165) is 11.1 Å². The minimum atomic E-state index is -0.296. The molecule has 0 saturated heterocycles. The highest BCUT2D eigenvalue weighted by Gasteiger charge is 2.12. The van der Waals surface area contributed by atoms with Gasteiger partial charge in [-0.05, 0) is 48.0 Å². The summed E-state index contributed by atoms with van der Waals surface area (Å²) in [5.41, 5.74) is 2.43. The average Bonchev–Trinajstić information content (AvgIpc) is 2.89. The van der Waals surface area contributed by atoms with Crippen molar-refractivity contribution in [3.63, 3.8) is 0 Å². The zero-order valence-corrected chi connectivity index (χ0v) is 18.1. The van der Waals surface area contributed by atoms with Gasteiger partial charge in [0, 0.05) is 11.1 Å². The van der Waals surface area contributed by atoms with E-state index in [1.807, 2.05) is 60.7 Å². The fraction of sp³-hybridized carbons (Fsp3) is 0.0357. The van der Waals surface area contributed by atoms with E-state index in [1.54, 1.807) is 42.6 Å². The van der Waals surface area contributed by atoms with Gasteiger partial charge in [-0.25, -0.2) is 9.37 Å². The fourth-order valence-corrected chi connectivity index (χ4v) is 3.56. The summed E-state index contributed by atoms with van der Waals surface area (Å²) in [6.07, 6.45) is 1.60. The molecule has 6 heteroatoms. The minimum absolute atomic E-state index is 0.138. The first kappa shape index (κ1) is 21.3. The van der Waals surface area contributed by atoms with Gasteiger partial charge >= 0.3 is 0 Å². The third-order valence-corrected chi connectivity index (χ3v) is 5.34. The van der Waals surface area contributed by atoms with Crippen molar-refractivity contribution in [2.75, 3.05) is 0 Å². The van der Waals surface area contributed by atoms with Crippen molar-refractivity contribution in [2.24, 2.45) is 5.10 Å². The highest BCUT2D eigenvalue weighted by molar-refractivity contribution is 5.82. The lowest BCUT2D eigenvalue weighted by molar-refractivity contribution is 0.300. The van der Waals surface area contributed by atoms with E-state index in [-0.39, 0.29) is 18.0 Å². The van der Waals surface area contributed by atoms with Gasteiger partial charge in [0.25, 0.3) is 5.56 Å². The highest BCUT2D eigenvalue weighted by Crippen LogP contribution is 2.19. The Morgan fingerprint density at radius 3 is 2.35 bits per heavy atom. The third-order valence-electron chi connectivity index (χ3n) is 5.34. The molecular formula is C28H20FN3O2. The Morgan fingerprint density at radius 1 is 0.853 bits per heavy atom.